The molecule has 2 aromatic rings. The van der Waals surface area contributed by atoms with E-state index in [1.54, 1.807) is 38.3 Å². The second kappa shape index (κ2) is 5.75. The van der Waals surface area contributed by atoms with E-state index in [2.05, 4.69) is 15.5 Å². The molecule has 2 N–H and O–H groups in total. The van der Waals surface area contributed by atoms with Crippen LogP contribution in [0.3, 0.4) is 0 Å². The molecule has 1 amide bonds. The monoisotopic (exact) mass is 279 g/mol. The third-order valence-corrected chi connectivity index (χ3v) is 2.85. The number of nitrogens with one attached hydrogen (secondary N) is 2. The van der Waals surface area contributed by atoms with Crippen molar-refractivity contribution in [3.63, 3.8) is 0 Å². The van der Waals surface area contributed by atoms with Crippen LogP contribution < -0.4 is 10.1 Å². The lowest BCUT2D eigenvalue weighted by atomic mass is 10.1. The summed E-state index contributed by atoms with van der Waals surface area (Å²) in [5.74, 6) is 1.07. The predicted molar refractivity (Wildman–Crippen MR) is 74.5 cm³/mol. The number of methoxy groups -OCH3 is 1. The summed E-state index contributed by atoms with van der Waals surface area (Å²) in [4.78, 5) is 11.3. The van der Waals surface area contributed by atoms with Crippen molar-refractivity contribution in [2.24, 2.45) is 0 Å². The van der Waals surface area contributed by atoms with Crippen molar-refractivity contribution in [1.29, 1.82) is 0 Å². The van der Waals surface area contributed by atoms with Gasteiger partial charge >= 0.3 is 0 Å². The minimum absolute atomic E-state index is 0.0869. The van der Waals surface area contributed by atoms with Gasteiger partial charge in [0.25, 0.3) is 0 Å². The molecule has 1 aromatic carbocycles. The summed E-state index contributed by atoms with van der Waals surface area (Å²) in [5.41, 5.74) is 1.52. The van der Waals surface area contributed by atoms with Gasteiger partial charge in [0.15, 0.2) is 5.82 Å². The molecule has 0 aliphatic carbocycles. The Kier molecular flexibility index (Phi) is 4.06. The first-order valence-electron chi connectivity index (χ1n) is 5.83. The van der Waals surface area contributed by atoms with E-state index < -0.39 is 0 Å². The Balaban J connectivity index is 2.32. The number of ether oxygens (including phenoxy) is 1. The first kappa shape index (κ1) is 13.4. The van der Waals surface area contributed by atoms with Gasteiger partial charge in [-0.3, -0.25) is 9.89 Å². The smallest absolute Gasteiger partial charge is 0.225 e. The van der Waals surface area contributed by atoms with Gasteiger partial charge in [0.2, 0.25) is 5.91 Å². The first-order chi connectivity index (χ1) is 9.13. The van der Waals surface area contributed by atoms with Crippen molar-refractivity contribution in [1.82, 2.24) is 10.2 Å². The zero-order valence-electron chi connectivity index (χ0n) is 10.7. The molecule has 0 fully saturated rings. The fraction of sp³-hybridized carbons (Fsp3) is 0.231. The van der Waals surface area contributed by atoms with Crippen LogP contribution in [0.2, 0.25) is 5.02 Å². The van der Waals surface area contributed by atoms with E-state index in [-0.39, 0.29) is 5.91 Å². The van der Waals surface area contributed by atoms with Gasteiger partial charge < -0.3 is 10.1 Å². The zero-order chi connectivity index (χ0) is 13.8. The number of rotatable bonds is 4. The Morgan fingerprint density at radius 2 is 2.26 bits per heavy atom. The molecule has 0 spiro atoms. The molecule has 0 saturated carbocycles. The molecule has 0 saturated heterocycles. The van der Waals surface area contributed by atoms with Crippen molar-refractivity contribution < 1.29 is 9.53 Å². The molecule has 2 rings (SSSR count). The molecule has 5 nitrogen and oxygen atoms in total. The summed E-state index contributed by atoms with van der Waals surface area (Å²) in [6, 6.07) is 7.05. The normalized spacial score (nSPS) is 10.3. The van der Waals surface area contributed by atoms with Gasteiger partial charge in [0.05, 0.1) is 12.8 Å². The van der Waals surface area contributed by atoms with E-state index in [4.69, 9.17) is 16.3 Å². The van der Waals surface area contributed by atoms with Gasteiger partial charge in [-0.05, 0) is 18.2 Å². The Labute approximate surface area is 115 Å². The van der Waals surface area contributed by atoms with Crippen LogP contribution in [0.25, 0.3) is 11.3 Å². The third kappa shape index (κ3) is 3.06. The van der Waals surface area contributed by atoms with Crippen LogP contribution in [0.4, 0.5) is 5.82 Å². The van der Waals surface area contributed by atoms with E-state index in [0.717, 1.165) is 11.3 Å². The lowest BCUT2D eigenvalue weighted by molar-refractivity contribution is -0.115. The number of hydrogen-bond donors (Lipinski definition) is 2. The largest absolute Gasteiger partial charge is 0.496 e. The molecule has 1 heterocycles. The fourth-order valence-corrected chi connectivity index (χ4v) is 1.82. The van der Waals surface area contributed by atoms with E-state index in [1.807, 2.05) is 0 Å². The molecular formula is C13H14ClN3O2. The maximum atomic E-state index is 11.3. The fourth-order valence-electron chi connectivity index (χ4n) is 1.65. The number of aromatic nitrogens is 2. The van der Waals surface area contributed by atoms with Crippen molar-refractivity contribution in [2.45, 2.75) is 13.3 Å². The van der Waals surface area contributed by atoms with Crippen LogP contribution in [0, 0.1) is 0 Å². The predicted octanol–water partition coefficient (Wildman–Crippen LogP) is 3.09. The molecular weight excluding hydrogens is 266 g/mol. The summed E-state index contributed by atoms with van der Waals surface area (Å²) >= 11 is 5.98. The summed E-state index contributed by atoms with van der Waals surface area (Å²) in [6.45, 7) is 1.78. The summed E-state index contributed by atoms with van der Waals surface area (Å²) in [5, 5.41) is 10.2. The number of anilines is 1. The number of H-pyrrole nitrogens is 1. The molecule has 19 heavy (non-hydrogen) atoms. The molecule has 0 atom stereocenters. The molecule has 0 unspecified atom stereocenters. The van der Waals surface area contributed by atoms with Gasteiger partial charge in [-0.25, -0.2) is 0 Å². The quantitative estimate of drug-likeness (QED) is 0.904. The van der Waals surface area contributed by atoms with Crippen molar-refractivity contribution in [3.05, 3.63) is 29.3 Å². The highest BCUT2D eigenvalue weighted by atomic mass is 35.5. The van der Waals surface area contributed by atoms with Crippen molar-refractivity contribution in [2.75, 3.05) is 12.4 Å². The lowest BCUT2D eigenvalue weighted by Gasteiger charge is -2.06. The number of benzene rings is 1. The Hall–Kier alpha value is -2.01. The van der Waals surface area contributed by atoms with Crippen LogP contribution in [0.15, 0.2) is 24.3 Å². The minimum atomic E-state index is -0.0869. The highest BCUT2D eigenvalue weighted by molar-refractivity contribution is 6.31. The van der Waals surface area contributed by atoms with E-state index in [1.165, 1.54) is 0 Å². The maximum absolute atomic E-state index is 11.3. The number of amides is 1. The van der Waals surface area contributed by atoms with Crippen LogP contribution in [0.1, 0.15) is 13.3 Å². The highest BCUT2D eigenvalue weighted by Gasteiger charge is 2.11. The third-order valence-electron chi connectivity index (χ3n) is 2.62. The lowest BCUT2D eigenvalue weighted by Crippen LogP contribution is -2.09. The average molecular weight is 280 g/mol. The van der Waals surface area contributed by atoms with E-state index >= 15 is 0 Å². The Morgan fingerprint density at radius 1 is 1.47 bits per heavy atom. The highest BCUT2D eigenvalue weighted by Crippen LogP contribution is 2.32. The number of halogens is 1. The molecule has 0 bridgehead atoms. The SMILES string of the molecule is CCC(=O)Nc1cc(-c2cc(Cl)ccc2OC)[nH]n1. The maximum Gasteiger partial charge on any atom is 0.225 e. The number of aromatic amines is 1. The summed E-state index contributed by atoms with van der Waals surface area (Å²) in [7, 11) is 1.59. The van der Waals surface area contributed by atoms with Crippen LogP contribution in [0.5, 0.6) is 5.75 Å². The molecule has 0 radical (unpaired) electrons. The van der Waals surface area contributed by atoms with Crippen molar-refractivity contribution in [3.8, 4) is 17.0 Å². The molecule has 6 heteroatoms. The summed E-state index contributed by atoms with van der Waals surface area (Å²) in [6.07, 6.45) is 0.405. The van der Waals surface area contributed by atoms with Crippen LogP contribution in [-0.4, -0.2) is 23.2 Å². The average Bonchev–Trinajstić information content (AvgIpc) is 2.86. The molecule has 0 aliphatic heterocycles. The van der Waals surface area contributed by atoms with E-state index in [9.17, 15) is 4.79 Å². The number of hydrogen-bond acceptors (Lipinski definition) is 3. The first-order valence-corrected chi connectivity index (χ1v) is 6.21. The van der Waals surface area contributed by atoms with Gasteiger partial charge in [-0.15, -0.1) is 0 Å². The van der Waals surface area contributed by atoms with Crippen molar-refractivity contribution >= 4 is 23.3 Å². The number of nitrogens with zero attached hydrogens (tertiary/aromatic N) is 1. The van der Waals surface area contributed by atoms with Crippen LogP contribution >= 0.6 is 11.6 Å². The topological polar surface area (TPSA) is 67.0 Å². The van der Waals surface area contributed by atoms with Gasteiger partial charge in [0.1, 0.15) is 5.75 Å². The second-order valence-corrected chi connectivity index (χ2v) is 4.35. The van der Waals surface area contributed by atoms with Gasteiger partial charge in [0, 0.05) is 23.1 Å². The Bertz CT molecular complexity index is 595. The second-order valence-electron chi connectivity index (χ2n) is 3.91. The standard InChI is InChI=1S/C13H14ClN3O2/c1-3-13(18)15-12-7-10(16-17-12)9-6-8(14)4-5-11(9)19-2/h4-7H,3H2,1-2H3,(H2,15,16,17,18). The minimum Gasteiger partial charge on any atom is -0.496 e. The number of carbonyl (C=O) groups excluding carboxylic acids is 1. The van der Waals surface area contributed by atoms with Crippen LogP contribution in [-0.2, 0) is 4.79 Å². The molecule has 0 aliphatic rings. The van der Waals surface area contributed by atoms with Gasteiger partial charge in [-0.2, -0.15) is 5.10 Å². The van der Waals surface area contributed by atoms with E-state index in [0.29, 0.717) is 23.0 Å². The number of carbonyl (C=O) groups is 1. The zero-order valence-corrected chi connectivity index (χ0v) is 11.4. The summed E-state index contributed by atoms with van der Waals surface area (Å²) < 4.78 is 5.27. The molecule has 1 aromatic heterocycles. The Morgan fingerprint density at radius 3 is 2.95 bits per heavy atom. The molecule has 100 valence electrons. The van der Waals surface area contributed by atoms with Gasteiger partial charge in [-0.1, -0.05) is 18.5 Å².